The lowest BCUT2D eigenvalue weighted by molar-refractivity contribution is 0.0538. The van der Waals surface area contributed by atoms with E-state index in [9.17, 15) is 5.11 Å². The van der Waals surface area contributed by atoms with E-state index in [1.807, 2.05) is 0 Å². The zero-order valence-electron chi connectivity index (χ0n) is 10.7. The molecule has 0 aromatic carbocycles. The van der Waals surface area contributed by atoms with Crippen molar-refractivity contribution < 1.29 is 5.11 Å². The first-order valence-corrected chi connectivity index (χ1v) is 7.19. The third-order valence-electron chi connectivity index (χ3n) is 4.83. The van der Waals surface area contributed by atoms with E-state index in [1.165, 1.54) is 57.8 Å². The largest absolute Gasteiger partial charge is 0.394 e. The fourth-order valence-corrected chi connectivity index (χ4v) is 3.83. The number of rotatable bonds is 4. The number of nitrogens with one attached hydrogen (secondary N) is 1. The standard InChI is InChI=1S/C14H27NO/c1-2-12-7-5-6-10-14(12,11-16)15-13-8-3-4-9-13/h12-13,15-16H,2-11H2,1H3. The first-order chi connectivity index (χ1) is 7.80. The minimum atomic E-state index is 0.0575. The van der Waals surface area contributed by atoms with Gasteiger partial charge in [0.2, 0.25) is 0 Å². The second-order valence-electron chi connectivity index (χ2n) is 5.79. The molecule has 2 aliphatic carbocycles. The molecule has 2 saturated carbocycles. The van der Waals surface area contributed by atoms with Crippen molar-refractivity contribution in [2.45, 2.75) is 76.3 Å². The molecule has 2 unspecified atom stereocenters. The van der Waals surface area contributed by atoms with Crippen molar-refractivity contribution in [1.82, 2.24) is 5.32 Å². The monoisotopic (exact) mass is 225 g/mol. The molecule has 0 heterocycles. The number of hydrogen-bond acceptors (Lipinski definition) is 2. The van der Waals surface area contributed by atoms with Gasteiger partial charge in [-0.2, -0.15) is 0 Å². The molecule has 2 aliphatic rings. The van der Waals surface area contributed by atoms with Crippen molar-refractivity contribution in [3.8, 4) is 0 Å². The zero-order chi connectivity index (χ0) is 11.4. The van der Waals surface area contributed by atoms with Crippen LogP contribution in [0.15, 0.2) is 0 Å². The summed E-state index contributed by atoms with van der Waals surface area (Å²) >= 11 is 0. The third-order valence-corrected chi connectivity index (χ3v) is 4.83. The van der Waals surface area contributed by atoms with Crippen LogP contribution in [0.3, 0.4) is 0 Å². The summed E-state index contributed by atoms with van der Waals surface area (Å²) < 4.78 is 0. The first-order valence-electron chi connectivity index (χ1n) is 7.19. The molecule has 0 aromatic rings. The second-order valence-corrected chi connectivity index (χ2v) is 5.79. The van der Waals surface area contributed by atoms with Gasteiger partial charge in [-0.25, -0.2) is 0 Å². The van der Waals surface area contributed by atoms with Gasteiger partial charge in [-0.3, -0.25) is 0 Å². The number of hydrogen-bond donors (Lipinski definition) is 2. The number of aliphatic hydroxyl groups is 1. The van der Waals surface area contributed by atoms with E-state index in [0.29, 0.717) is 18.6 Å². The predicted octanol–water partition coefficient (Wildman–Crippen LogP) is 2.85. The smallest absolute Gasteiger partial charge is 0.0616 e. The van der Waals surface area contributed by atoms with Crippen LogP contribution in [0.2, 0.25) is 0 Å². The molecule has 0 spiro atoms. The van der Waals surface area contributed by atoms with Crippen molar-refractivity contribution in [3.63, 3.8) is 0 Å². The summed E-state index contributed by atoms with van der Waals surface area (Å²) in [5.74, 6) is 0.687. The summed E-state index contributed by atoms with van der Waals surface area (Å²) in [7, 11) is 0. The van der Waals surface area contributed by atoms with E-state index in [1.54, 1.807) is 0 Å². The number of aliphatic hydroxyl groups excluding tert-OH is 1. The minimum Gasteiger partial charge on any atom is -0.394 e. The minimum absolute atomic E-state index is 0.0575. The van der Waals surface area contributed by atoms with Crippen LogP contribution in [0.5, 0.6) is 0 Å². The lowest BCUT2D eigenvalue weighted by Crippen LogP contribution is -2.58. The van der Waals surface area contributed by atoms with Gasteiger partial charge >= 0.3 is 0 Å². The molecule has 2 fully saturated rings. The Morgan fingerprint density at radius 2 is 1.81 bits per heavy atom. The Morgan fingerprint density at radius 1 is 1.12 bits per heavy atom. The molecule has 0 aliphatic heterocycles. The molecule has 94 valence electrons. The van der Waals surface area contributed by atoms with E-state index >= 15 is 0 Å². The first kappa shape index (κ1) is 12.4. The Morgan fingerprint density at radius 3 is 2.44 bits per heavy atom. The molecule has 2 heteroatoms. The van der Waals surface area contributed by atoms with Crippen LogP contribution < -0.4 is 5.32 Å². The van der Waals surface area contributed by atoms with E-state index in [0.717, 1.165) is 0 Å². The average Bonchev–Trinajstić information content (AvgIpc) is 2.82. The van der Waals surface area contributed by atoms with Crippen molar-refractivity contribution in [1.29, 1.82) is 0 Å². The fourth-order valence-electron chi connectivity index (χ4n) is 3.83. The highest BCUT2D eigenvalue weighted by Crippen LogP contribution is 2.37. The highest BCUT2D eigenvalue weighted by atomic mass is 16.3. The highest BCUT2D eigenvalue weighted by molar-refractivity contribution is 4.98. The molecule has 16 heavy (non-hydrogen) atoms. The van der Waals surface area contributed by atoms with Gasteiger partial charge in [0.05, 0.1) is 6.61 Å². The van der Waals surface area contributed by atoms with E-state index in [4.69, 9.17) is 0 Å². The van der Waals surface area contributed by atoms with Gasteiger partial charge in [0.1, 0.15) is 0 Å². The molecule has 2 atom stereocenters. The Bertz CT molecular complexity index is 213. The molecule has 0 bridgehead atoms. The molecule has 2 nitrogen and oxygen atoms in total. The molecule has 0 radical (unpaired) electrons. The van der Waals surface area contributed by atoms with E-state index < -0.39 is 0 Å². The maximum atomic E-state index is 9.84. The Labute approximate surface area is 99.8 Å². The molecule has 2 rings (SSSR count). The lowest BCUT2D eigenvalue weighted by atomic mass is 9.71. The molecule has 0 amide bonds. The van der Waals surface area contributed by atoms with Gasteiger partial charge in [0.25, 0.3) is 0 Å². The van der Waals surface area contributed by atoms with E-state index in [-0.39, 0.29) is 5.54 Å². The molecule has 2 N–H and O–H groups in total. The fraction of sp³-hybridized carbons (Fsp3) is 1.00. The quantitative estimate of drug-likeness (QED) is 0.771. The van der Waals surface area contributed by atoms with Gasteiger partial charge < -0.3 is 10.4 Å². The summed E-state index contributed by atoms with van der Waals surface area (Å²) in [6, 6.07) is 0.680. The third kappa shape index (κ3) is 2.43. The second kappa shape index (κ2) is 5.50. The lowest BCUT2D eigenvalue weighted by Gasteiger charge is -2.45. The van der Waals surface area contributed by atoms with Crippen LogP contribution in [0.25, 0.3) is 0 Å². The summed E-state index contributed by atoms with van der Waals surface area (Å²) in [6.07, 6.45) is 11.7. The predicted molar refractivity (Wildman–Crippen MR) is 67.5 cm³/mol. The molecule has 0 saturated heterocycles. The van der Waals surface area contributed by atoms with Crippen molar-refractivity contribution in [2.24, 2.45) is 5.92 Å². The topological polar surface area (TPSA) is 32.3 Å². The van der Waals surface area contributed by atoms with Crippen LogP contribution in [0.4, 0.5) is 0 Å². The van der Waals surface area contributed by atoms with Crippen molar-refractivity contribution in [3.05, 3.63) is 0 Å². The van der Waals surface area contributed by atoms with Crippen LogP contribution in [0, 0.1) is 5.92 Å². The highest BCUT2D eigenvalue weighted by Gasteiger charge is 2.40. The molecular formula is C14H27NO. The van der Waals surface area contributed by atoms with Gasteiger partial charge in [-0.15, -0.1) is 0 Å². The summed E-state index contributed by atoms with van der Waals surface area (Å²) in [5.41, 5.74) is 0.0575. The van der Waals surface area contributed by atoms with Gasteiger partial charge in [0.15, 0.2) is 0 Å². The van der Waals surface area contributed by atoms with Crippen LogP contribution in [-0.4, -0.2) is 23.3 Å². The molecular weight excluding hydrogens is 198 g/mol. The SMILES string of the molecule is CCC1CCCCC1(CO)NC1CCCC1. The normalized spacial score (nSPS) is 36.8. The molecule has 0 aromatic heterocycles. The Kier molecular flexibility index (Phi) is 4.26. The summed E-state index contributed by atoms with van der Waals surface area (Å²) in [6.45, 7) is 2.61. The van der Waals surface area contributed by atoms with Crippen molar-refractivity contribution >= 4 is 0 Å². The van der Waals surface area contributed by atoms with Crippen LogP contribution in [-0.2, 0) is 0 Å². The Balaban J connectivity index is 2.02. The van der Waals surface area contributed by atoms with Gasteiger partial charge in [-0.1, -0.05) is 39.0 Å². The summed E-state index contributed by atoms with van der Waals surface area (Å²) in [5, 5.41) is 13.7. The van der Waals surface area contributed by atoms with Crippen LogP contribution in [0.1, 0.15) is 64.7 Å². The maximum Gasteiger partial charge on any atom is 0.0616 e. The van der Waals surface area contributed by atoms with Gasteiger partial charge in [-0.05, 0) is 31.6 Å². The maximum absolute atomic E-state index is 9.84. The zero-order valence-corrected chi connectivity index (χ0v) is 10.7. The average molecular weight is 225 g/mol. The summed E-state index contributed by atoms with van der Waals surface area (Å²) in [4.78, 5) is 0. The van der Waals surface area contributed by atoms with Gasteiger partial charge in [0, 0.05) is 11.6 Å². The van der Waals surface area contributed by atoms with E-state index in [2.05, 4.69) is 12.2 Å². The van der Waals surface area contributed by atoms with Crippen molar-refractivity contribution in [2.75, 3.05) is 6.61 Å². The van der Waals surface area contributed by atoms with Crippen LogP contribution >= 0.6 is 0 Å². The Hall–Kier alpha value is -0.0800.